The lowest BCUT2D eigenvalue weighted by molar-refractivity contribution is -0.137. The van der Waals surface area contributed by atoms with E-state index >= 15 is 0 Å². The maximum Gasteiger partial charge on any atom is 0.305 e. The summed E-state index contributed by atoms with van der Waals surface area (Å²) in [6.45, 7) is 0.479. The highest BCUT2D eigenvalue weighted by molar-refractivity contribution is 5.85. The lowest BCUT2D eigenvalue weighted by Gasteiger charge is -2.09. The maximum absolute atomic E-state index is 10.9. The van der Waals surface area contributed by atoms with Gasteiger partial charge in [0.1, 0.15) is 12.4 Å². The second-order valence-electron chi connectivity index (χ2n) is 5.43. The fourth-order valence-electron chi connectivity index (χ4n) is 2.56. The van der Waals surface area contributed by atoms with Crippen molar-refractivity contribution in [3.05, 3.63) is 65.9 Å². The number of ether oxygens (including phenoxy) is 1. The van der Waals surface area contributed by atoms with Gasteiger partial charge in [-0.2, -0.15) is 0 Å². The highest BCUT2D eigenvalue weighted by Crippen LogP contribution is 2.28. The molecule has 0 radical (unpaired) electrons. The fraction of sp³-hybridized carbons (Fsp3) is 0.167. The second kappa shape index (κ2) is 6.54. The van der Waals surface area contributed by atoms with Crippen LogP contribution in [0.1, 0.15) is 23.6 Å². The summed E-state index contributed by atoms with van der Waals surface area (Å²) >= 11 is 0. The second-order valence-corrected chi connectivity index (χ2v) is 5.43. The molecule has 1 unspecified atom stereocenters. The standard InChI is InChI=1S/C18H18N2O3/c19-16(9-18(21)22)15-10-20-17-7-6-13(8-14(15)17)23-11-12-4-2-1-3-5-12/h1-8,10,16,20H,9,11,19H2,(H,21,22). The zero-order valence-corrected chi connectivity index (χ0v) is 12.5. The van der Waals surface area contributed by atoms with Gasteiger partial charge < -0.3 is 20.6 Å². The van der Waals surface area contributed by atoms with E-state index in [2.05, 4.69) is 4.98 Å². The molecule has 0 spiro atoms. The van der Waals surface area contributed by atoms with Gasteiger partial charge >= 0.3 is 5.97 Å². The van der Waals surface area contributed by atoms with Crippen LogP contribution in [0.3, 0.4) is 0 Å². The van der Waals surface area contributed by atoms with Gasteiger partial charge in [0.2, 0.25) is 0 Å². The summed E-state index contributed by atoms with van der Waals surface area (Å²) in [7, 11) is 0. The van der Waals surface area contributed by atoms with Gasteiger partial charge in [0.25, 0.3) is 0 Å². The van der Waals surface area contributed by atoms with Crippen LogP contribution in [0.5, 0.6) is 5.75 Å². The van der Waals surface area contributed by atoms with Crippen LogP contribution in [0.4, 0.5) is 0 Å². The summed E-state index contributed by atoms with van der Waals surface area (Å²) in [6, 6.07) is 15.0. The van der Waals surface area contributed by atoms with E-state index in [4.69, 9.17) is 15.6 Å². The molecule has 0 amide bonds. The molecule has 0 saturated heterocycles. The number of hydrogen-bond donors (Lipinski definition) is 3. The quantitative estimate of drug-likeness (QED) is 0.652. The molecule has 5 nitrogen and oxygen atoms in total. The minimum Gasteiger partial charge on any atom is -0.489 e. The first kappa shape index (κ1) is 15.1. The van der Waals surface area contributed by atoms with E-state index in [0.717, 1.165) is 27.8 Å². The van der Waals surface area contributed by atoms with E-state index in [1.807, 2.05) is 48.5 Å². The molecule has 4 N–H and O–H groups in total. The van der Waals surface area contributed by atoms with Crippen LogP contribution in [0.15, 0.2) is 54.7 Å². The van der Waals surface area contributed by atoms with Crippen LogP contribution in [-0.2, 0) is 11.4 Å². The van der Waals surface area contributed by atoms with Gasteiger partial charge in [-0.1, -0.05) is 30.3 Å². The van der Waals surface area contributed by atoms with Gasteiger partial charge in [-0.05, 0) is 29.3 Å². The topological polar surface area (TPSA) is 88.3 Å². The Labute approximate surface area is 133 Å². The van der Waals surface area contributed by atoms with E-state index in [9.17, 15) is 4.79 Å². The SMILES string of the molecule is NC(CC(=O)O)c1c[nH]c2ccc(OCc3ccccc3)cc12. The largest absolute Gasteiger partial charge is 0.489 e. The number of aromatic nitrogens is 1. The first-order valence-electron chi connectivity index (χ1n) is 7.38. The maximum atomic E-state index is 10.9. The molecule has 1 heterocycles. The first-order valence-corrected chi connectivity index (χ1v) is 7.38. The normalized spacial score (nSPS) is 12.2. The van der Waals surface area contributed by atoms with Gasteiger partial charge in [-0.15, -0.1) is 0 Å². The van der Waals surface area contributed by atoms with Crippen molar-refractivity contribution in [3.8, 4) is 5.75 Å². The van der Waals surface area contributed by atoms with Crippen LogP contribution in [0.25, 0.3) is 10.9 Å². The highest BCUT2D eigenvalue weighted by atomic mass is 16.5. The summed E-state index contributed by atoms with van der Waals surface area (Å²) in [5, 5.41) is 9.80. The van der Waals surface area contributed by atoms with Crippen molar-refractivity contribution in [2.45, 2.75) is 19.1 Å². The summed E-state index contributed by atoms with van der Waals surface area (Å²) < 4.78 is 5.81. The molecule has 0 bridgehead atoms. The van der Waals surface area contributed by atoms with Crippen LogP contribution >= 0.6 is 0 Å². The first-order chi connectivity index (χ1) is 11.1. The molecule has 1 atom stereocenters. The number of aliphatic carboxylic acids is 1. The lowest BCUT2D eigenvalue weighted by atomic mass is 10.0. The van der Waals surface area contributed by atoms with Crippen molar-refractivity contribution in [1.29, 1.82) is 0 Å². The summed E-state index contributed by atoms with van der Waals surface area (Å²) in [5.74, 6) is -0.187. The van der Waals surface area contributed by atoms with E-state index in [1.165, 1.54) is 0 Å². The molecule has 2 aromatic carbocycles. The number of rotatable bonds is 6. The van der Waals surface area contributed by atoms with Crippen molar-refractivity contribution in [1.82, 2.24) is 4.98 Å². The Balaban J connectivity index is 1.81. The smallest absolute Gasteiger partial charge is 0.305 e. The number of H-pyrrole nitrogens is 1. The third-order valence-corrected chi connectivity index (χ3v) is 3.73. The van der Waals surface area contributed by atoms with Crippen LogP contribution < -0.4 is 10.5 Å². The van der Waals surface area contributed by atoms with Gasteiger partial charge in [-0.3, -0.25) is 4.79 Å². The molecule has 3 aromatic rings. The Morgan fingerprint density at radius 1 is 1.22 bits per heavy atom. The molecule has 23 heavy (non-hydrogen) atoms. The van der Waals surface area contributed by atoms with Crippen LogP contribution in [0.2, 0.25) is 0 Å². The van der Waals surface area contributed by atoms with Crippen molar-refractivity contribution in [3.63, 3.8) is 0 Å². The number of aromatic amines is 1. The van der Waals surface area contributed by atoms with Crippen molar-refractivity contribution in [2.24, 2.45) is 5.73 Å². The van der Waals surface area contributed by atoms with Crippen LogP contribution in [0, 0.1) is 0 Å². The summed E-state index contributed by atoms with van der Waals surface area (Å²) in [6.07, 6.45) is 1.65. The minimum absolute atomic E-state index is 0.109. The van der Waals surface area contributed by atoms with Gasteiger partial charge in [0.05, 0.1) is 6.42 Å². The minimum atomic E-state index is -0.914. The monoisotopic (exact) mass is 310 g/mol. The molecule has 1 aromatic heterocycles. The fourth-order valence-corrected chi connectivity index (χ4v) is 2.56. The molecule has 0 aliphatic rings. The number of nitrogens with two attached hydrogens (primary N) is 1. The number of hydrogen-bond acceptors (Lipinski definition) is 3. The zero-order chi connectivity index (χ0) is 16.2. The number of carbonyl (C=O) groups is 1. The molecule has 0 fully saturated rings. The Kier molecular flexibility index (Phi) is 4.30. The third kappa shape index (κ3) is 3.52. The number of carboxylic acids is 1. The number of fused-ring (bicyclic) bond motifs is 1. The van der Waals surface area contributed by atoms with E-state index < -0.39 is 12.0 Å². The molecule has 0 aliphatic carbocycles. The highest BCUT2D eigenvalue weighted by Gasteiger charge is 2.15. The van der Waals surface area contributed by atoms with Gasteiger partial charge in [-0.25, -0.2) is 0 Å². The zero-order valence-electron chi connectivity index (χ0n) is 12.5. The Hall–Kier alpha value is -2.79. The Bertz CT molecular complexity index is 812. The Morgan fingerprint density at radius 3 is 2.74 bits per heavy atom. The van der Waals surface area contributed by atoms with Crippen molar-refractivity contribution in [2.75, 3.05) is 0 Å². The number of carboxylic acid groups (broad SMARTS) is 1. The predicted molar refractivity (Wildman–Crippen MR) is 88.3 cm³/mol. The molecular formula is C18H18N2O3. The number of benzene rings is 2. The molecule has 118 valence electrons. The molecular weight excluding hydrogens is 292 g/mol. The average molecular weight is 310 g/mol. The number of nitrogens with one attached hydrogen (secondary N) is 1. The van der Waals surface area contributed by atoms with E-state index in [-0.39, 0.29) is 6.42 Å². The van der Waals surface area contributed by atoms with E-state index in [1.54, 1.807) is 6.20 Å². The lowest BCUT2D eigenvalue weighted by Crippen LogP contribution is -2.14. The van der Waals surface area contributed by atoms with Gasteiger partial charge in [0, 0.05) is 23.1 Å². The molecule has 5 heteroatoms. The third-order valence-electron chi connectivity index (χ3n) is 3.73. The molecule has 0 aliphatic heterocycles. The summed E-state index contributed by atoms with van der Waals surface area (Å²) in [4.78, 5) is 14.0. The molecule has 0 saturated carbocycles. The summed E-state index contributed by atoms with van der Waals surface area (Å²) in [5.41, 5.74) is 8.76. The van der Waals surface area contributed by atoms with Crippen molar-refractivity contribution >= 4 is 16.9 Å². The molecule has 3 rings (SSSR count). The predicted octanol–water partition coefficient (Wildman–Crippen LogP) is 3.22. The average Bonchev–Trinajstić information content (AvgIpc) is 2.96. The Morgan fingerprint density at radius 2 is 2.00 bits per heavy atom. The van der Waals surface area contributed by atoms with Gasteiger partial charge in [0.15, 0.2) is 0 Å². The van der Waals surface area contributed by atoms with E-state index in [0.29, 0.717) is 6.61 Å². The van der Waals surface area contributed by atoms with Crippen molar-refractivity contribution < 1.29 is 14.6 Å². The van der Waals surface area contributed by atoms with Crippen LogP contribution in [-0.4, -0.2) is 16.1 Å².